The molecule has 1 saturated heterocycles. The smallest absolute Gasteiger partial charge is 0.273 e. The number of hydrogen-bond donors (Lipinski definition) is 1. The van der Waals surface area contributed by atoms with Crippen LogP contribution in [-0.4, -0.2) is 42.5 Å². The number of nitro groups is 1. The number of benzene rings is 2. The molecule has 1 aliphatic rings. The second-order valence-corrected chi connectivity index (χ2v) is 6.11. The summed E-state index contributed by atoms with van der Waals surface area (Å²) in [4.78, 5) is 25.5. The van der Waals surface area contributed by atoms with Crippen molar-refractivity contribution < 1.29 is 14.5 Å². The van der Waals surface area contributed by atoms with E-state index in [0.29, 0.717) is 25.2 Å². The summed E-state index contributed by atoms with van der Waals surface area (Å²) in [6.45, 7) is 1.85. The third-order valence-electron chi connectivity index (χ3n) is 4.59. The van der Waals surface area contributed by atoms with Gasteiger partial charge in [0, 0.05) is 36.8 Å². The standard InChI is InChI=1S/C19H21N3O4.ClH/c1-26-18-9-5-3-7-15(18)17-13-20-10-11-21(17)19(23)12-14-6-2-4-8-16(14)22(24)25;/h2-9,17,20H,10-13H2,1H3;1H. The Balaban J connectivity index is 0.00000261. The Morgan fingerprint density at radius 1 is 1.26 bits per heavy atom. The van der Waals surface area contributed by atoms with Crippen molar-refractivity contribution in [1.82, 2.24) is 10.2 Å². The maximum absolute atomic E-state index is 13.0. The van der Waals surface area contributed by atoms with Crippen molar-refractivity contribution in [2.75, 3.05) is 26.7 Å². The van der Waals surface area contributed by atoms with Crippen LogP contribution in [0.2, 0.25) is 0 Å². The van der Waals surface area contributed by atoms with Gasteiger partial charge >= 0.3 is 0 Å². The molecule has 2 aromatic carbocycles. The summed E-state index contributed by atoms with van der Waals surface area (Å²) in [6, 6.07) is 13.8. The molecule has 1 atom stereocenters. The van der Waals surface area contributed by atoms with E-state index >= 15 is 0 Å². The zero-order valence-electron chi connectivity index (χ0n) is 15.0. The second-order valence-electron chi connectivity index (χ2n) is 6.11. The zero-order valence-corrected chi connectivity index (χ0v) is 15.8. The van der Waals surface area contributed by atoms with E-state index in [1.165, 1.54) is 6.07 Å². The Hall–Kier alpha value is -2.64. The molecule has 0 aromatic heterocycles. The average molecular weight is 392 g/mol. The van der Waals surface area contributed by atoms with Gasteiger partial charge in [-0.15, -0.1) is 12.4 Å². The SMILES string of the molecule is COc1ccccc1C1CNCCN1C(=O)Cc1ccccc1[N+](=O)[O-].Cl. The van der Waals surface area contributed by atoms with Gasteiger partial charge in [0.25, 0.3) is 5.69 Å². The molecule has 0 saturated carbocycles. The van der Waals surface area contributed by atoms with Gasteiger partial charge in [0.15, 0.2) is 0 Å². The van der Waals surface area contributed by atoms with Gasteiger partial charge in [-0.3, -0.25) is 14.9 Å². The first-order chi connectivity index (χ1) is 12.6. The quantitative estimate of drug-likeness (QED) is 0.625. The summed E-state index contributed by atoms with van der Waals surface area (Å²) in [5.74, 6) is 0.599. The van der Waals surface area contributed by atoms with Crippen LogP contribution < -0.4 is 10.1 Å². The lowest BCUT2D eigenvalue weighted by molar-refractivity contribution is -0.385. The van der Waals surface area contributed by atoms with E-state index in [2.05, 4.69) is 5.32 Å². The van der Waals surface area contributed by atoms with Gasteiger partial charge in [0.05, 0.1) is 24.5 Å². The number of nitrogens with one attached hydrogen (secondary N) is 1. The minimum Gasteiger partial charge on any atom is -0.496 e. The number of nitrogens with zero attached hydrogens (tertiary/aromatic N) is 2. The highest BCUT2D eigenvalue weighted by molar-refractivity contribution is 5.85. The van der Waals surface area contributed by atoms with E-state index in [0.717, 1.165) is 11.3 Å². The summed E-state index contributed by atoms with van der Waals surface area (Å²) in [5, 5.41) is 14.5. The molecule has 1 heterocycles. The second kappa shape index (κ2) is 9.34. The summed E-state index contributed by atoms with van der Waals surface area (Å²) < 4.78 is 5.44. The molecule has 1 amide bonds. The van der Waals surface area contributed by atoms with Crippen LogP contribution in [0.5, 0.6) is 5.75 Å². The highest BCUT2D eigenvalue weighted by Gasteiger charge is 2.30. The molecule has 1 unspecified atom stereocenters. The van der Waals surface area contributed by atoms with Crippen molar-refractivity contribution in [2.45, 2.75) is 12.5 Å². The van der Waals surface area contributed by atoms with E-state index in [9.17, 15) is 14.9 Å². The fraction of sp³-hybridized carbons (Fsp3) is 0.316. The largest absolute Gasteiger partial charge is 0.496 e. The van der Waals surface area contributed by atoms with Gasteiger partial charge in [-0.05, 0) is 6.07 Å². The summed E-state index contributed by atoms with van der Waals surface area (Å²) in [6.07, 6.45) is 0.00278. The van der Waals surface area contributed by atoms with Gasteiger partial charge in [0.1, 0.15) is 5.75 Å². The molecule has 144 valence electrons. The van der Waals surface area contributed by atoms with Crippen LogP contribution in [0.4, 0.5) is 5.69 Å². The molecule has 0 radical (unpaired) electrons. The number of halogens is 1. The number of hydrogen-bond acceptors (Lipinski definition) is 5. The fourth-order valence-corrected chi connectivity index (χ4v) is 3.33. The summed E-state index contributed by atoms with van der Waals surface area (Å²) in [5.41, 5.74) is 1.34. The minimum absolute atomic E-state index is 0. The Morgan fingerprint density at radius 2 is 1.96 bits per heavy atom. The molecule has 1 N–H and O–H groups in total. The number of para-hydroxylation sites is 2. The van der Waals surface area contributed by atoms with E-state index < -0.39 is 4.92 Å². The molecule has 7 nitrogen and oxygen atoms in total. The number of ether oxygens (including phenoxy) is 1. The summed E-state index contributed by atoms with van der Waals surface area (Å²) in [7, 11) is 1.61. The Labute approximate surface area is 163 Å². The van der Waals surface area contributed by atoms with Crippen LogP contribution in [0.3, 0.4) is 0 Å². The molecule has 0 bridgehead atoms. The molecule has 3 rings (SSSR count). The number of carbonyl (C=O) groups is 1. The topological polar surface area (TPSA) is 84.7 Å². The van der Waals surface area contributed by atoms with Crippen LogP contribution in [-0.2, 0) is 11.2 Å². The van der Waals surface area contributed by atoms with Gasteiger partial charge in [-0.25, -0.2) is 0 Å². The van der Waals surface area contributed by atoms with E-state index in [4.69, 9.17) is 4.74 Å². The van der Waals surface area contributed by atoms with Crippen LogP contribution in [0.15, 0.2) is 48.5 Å². The minimum atomic E-state index is -0.446. The van der Waals surface area contributed by atoms with Gasteiger partial charge in [0.2, 0.25) is 5.91 Å². The third-order valence-corrected chi connectivity index (χ3v) is 4.59. The van der Waals surface area contributed by atoms with E-state index in [1.54, 1.807) is 30.2 Å². The van der Waals surface area contributed by atoms with E-state index in [-0.39, 0.29) is 36.5 Å². The highest BCUT2D eigenvalue weighted by Crippen LogP contribution is 2.31. The molecule has 0 spiro atoms. The van der Waals surface area contributed by atoms with Crippen molar-refractivity contribution in [2.24, 2.45) is 0 Å². The first-order valence-electron chi connectivity index (χ1n) is 8.47. The van der Waals surface area contributed by atoms with Crippen molar-refractivity contribution in [1.29, 1.82) is 0 Å². The molecule has 2 aromatic rings. The number of amides is 1. The maximum Gasteiger partial charge on any atom is 0.273 e. The predicted octanol–water partition coefficient (Wildman–Crippen LogP) is 2.74. The normalized spacial score (nSPS) is 16.3. The predicted molar refractivity (Wildman–Crippen MR) is 104 cm³/mol. The highest BCUT2D eigenvalue weighted by atomic mass is 35.5. The van der Waals surface area contributed by atoms with Crippen molar-refractivity contribution in [3.05, 3.63) is 69.8 Å². The van der Waals surface area contributed by atoms with Crippen molar-refractivity contribution >= 4 is 24.0 Å². The fourth-order valence-electron chi connectivity index (χ4n) is 3.33. The number of nitro benzene ring substituents is 1. The lowest BCUT2D eigenvalue weighted by Gasteiger charge is -2.37. The first-order valence-corrected chi connectivity index (χ1v) is 8.47. The lowest BCUT2D eigenvalue weighted by Crippen LogP contribution is -2.49. The van der Waals surface area contributed by atoms with Crippen molar-refractivity contribution in [3.8, 4) is 5.75 Å². The van der Waals surface area contributed by atoms with Gasteiger partial charge in [-0.2, -0.15) is 0 Å². The Bertz CT molecular complexity index is 815. The molecular formula is C19H22ClN3O4. The molecule has 1 fully saturated rings. The monoisotopic (exact) mass is 391 g/mol. The Kier molecular flexibility index (Phi) is 7.15. The van der Waals surface area contributed by atoms with Crippen molar-refractivity contribution in [3.63, 3.8) is 0 Å². The number of piperazine rings is 1. The molecule has 27 heavy (non-hydrogen) atoms. The first kappa shape index (κ1) is 20.7. The molecule has 1 aliphatic heterocycles. The maximum atomic E-state index is 13.0. The number of methoxy groups -OCH3 is 1. The zero-order chi connectivity index (χ0) is 18.5. The van der Waals surface area contributed by atoms with Gasteiger partial charge < -0.3 is 15.0 Å². The number of carbonyl (C=O) groups excluding carboxylic acids is 1. The van der Waals surface area contributed by atoms with Gasteiger partial charge in [-0.1, -0.05) is 36.4 Å². The van der Waals surface area contributed by atoms with Crippen LogP contribution in [0, 0.1) is 10.1 Å². The van der Waals surface area contributed by atoms with Crippen LogP contribution in [0.25, 0.3) is 0 Å². The lowest BCUT2D eigenvalue weighted by atomic mass is 10.0. The molecule has 8 heteroatoms. The van der Waals surface area contributed by atoms with E-state index in [1.807, 2.05) is 24.3 Å². The third kappa shape index (κ3) is 4.56. The molecule has 0 aliphatic carbocycles. The average Bonchev–Trinajstić information content (AvgIpc) is 2.68. The molecular weight excluding hydrogens is 370 g/mol. The Morgan fingerprint density at radius 3 is 2.70 bits per heavy atom. The number of rotatable bonds is 5. The van der Waals surface area contributed by atoms with Crippen LogP contribution >= 0.6 is 12.4 Å². The summed E-state index contributed by atoms with van der Waals surface area (Å²) >= 11 is 0. The van der Waals surface area contributed by atoms with Crippen LogP contribution in [0.1, 0.15) is 17.2 Å².